The molecule has 1 aliphatic rings. The largest absolute Gasteiger partial charge is 0.478 e. The quantitative estimate of drug-likeness (QED) is 0.453. The molecule has 3 aromatic carbocycles. The van der Waals surface area contributed by atoms with E-state index in [0.717, 1.165) is 17.5 Å². The molecule has 1 atom stereocenters. The molecule has 0 saturated carbocycles. The van der Waals surface area contributed by atoms with Gasteiger partial charge >= 0.3 is 5.97 Å². The summed E-state index contributed by atoms with van der Waals surface area (Å²) in [7, 11) is 0. The predicted molar refractivity (Wildman–Crippen MR) is 118 cm³/mol. The van der Waals surface area contributed by atoms with Gasteiger partial charge in [-0.2, -0.15) is 10.1 Å². The number of aromatic carboxylic acids is 1. The third kappa shape index (κ3) is 2.82. The molecular formula is C24H17N5O2. The third-order valence-electron chi connectivity index (χ3n) is 5.81. The van der Waals surface area contributed by atoms with Crippen molar-refractivity contribution < 1.29 is 9.90 Å². The second-order valence-corrected chi connectivity index (χ2v) is 7.65. The molecule has 7 nitrogen and oxygen atoms in total. The van der Waals surface area contributed by atoms with Gasteiger partial charge in [0.15, 0.2) is 5.65 Å². The number of carboxylic acids is 1. The molecule has 0 unspecified atom stereocenters. The maximum Gasteiger partial charge on any atom is 0.335 e. The summed E-state index contributed by atoms with van der Waals surface area (Å²) >= 11 is 0. The molecule has 2 N–H and O–H groups in total. The number of fused-ring (bicyclic) bond motifs is 1. The first-order valence-corrected chi connectivity index (χ1v) is 9.98. The van der Waals surface area contributed by atoms with Gasteiger partial charge < -0.3 is 10.4 Å². The Balaban J connectivity index is 1.38. The number of benzene rings is 3. The lowest BCUT2D eigenvalue weighted by molar-refractivity contribution is 0.0697. The van der Waals surface area contributed by atoms with Gasteiger partial charge in [-0.3, -0.25) is 0 Å². The molecule has 0 fully saturated rings. The fourth-order valence-corrected chi connectivity index (χ4v) is 4.38. The number of anilines is 2. The molecule has 2 heterocycles. The van der Waals surface area contributed by atoms with E-state index in [2.05, 4.69) is 51.8 Å². The minimum Gasteiger partial charge on any atom is -0.478 e. The molecule has 2 aromatic heterocycles. The molecule has 5 aromatic rings. The van der Waals surface area contributed by atoms with E-state index < -0.39 is 5.97 Å². The fraction of sp³-hybridized carbons (Fsp3) is 0.0833. The SMILES string of the molecule is O=C(O)c1ccc(Nc2ncc3cnn([C@@H]4Cc5cccc6cccc4c56)c3n2)cc1. The van der Waals surface area contributed by atoms with Crippen molar-refractivity contribution in [2.45, 2.75) is 12.5 Å². The minimum atomic E-state index is -0.958. The van der Waals surface area contributed by atoms with Crippen LogP contribution in [0.4, 0.5) is 11.6 Å². The van der Waals surface area contributed by atoms with Crippen LogP contribution in [-0.2, 0) is 6.42 Å². The van der Waals surface area contributed by atoms with E-state index in [1.807, 2.05) is 4.68 Å². The standard InChI is InChI=1S/C24H17N5O2/c30-23(31)15-7-9-18(10-8-15)27-24-25-12-17-13-26-29(22(17)28-24)20-11-16-5-1-3-14-4-2-6-19(20)21(14)16/h1-10,12-13,20H,11H2,(H,30,31)(H,25,27,28)/t20-/m1/s1. The lowest BCUT2D eigenvalue weighted by Crippen LogP contribution is -2.12. The van der Waals surface area contributed by atoms with Gasteiger partial charge in [0.05, 0.1) is 23.2 Å². The highest BCUT2D eigenvalue weighted by atomic mass is 16.4. The monoisotopic (exact) mass is 407 g/mol. The average Bonchev–Trinajstić information content (AvgIpc) is 3.37. The average molecular weight is 407 g/mol. The first-order valence-electron chi connectivity index (χ1n) is 9.98. The molecule has 150 valence electrons. The Hall–Kier alpha value is -4.26. The summed E-state index contributed by atoms with van der Waals surface area (Å²) in [5.74, 6) is -0.522. The summed E-state index contributed by atoms with van der Waals surface area (Å²) in [5.41, 5.74) is 4.29. The van der Waals surface area contributed by atoms with E-state index in [1.54, 1.807) is 36.7 Å². The Bertz CT molecular complexity index is 1470. The van der Waals surface area contributed by atoms with Crippen molar-refractivity contribution in [3.05, 3.63) is 89.7 Å². The summed E-state index contributed by atoms with van der Waals surface area (Å²) in [6.45, 7) is 0. The summed E-state index contributed by atoms with van der Waals surface area (Å²) < 4.78 is 1.98. The number of hydrogen-bond donors (Lipinski definition) is 2. The van der Waals surface area contributed by atoms with E-state index >= 15 is 0 Å². The second kappa shape index (κ2) is 6.63. The molecule has 0 radical (unpaired) electrons. The van der Waals surface area contributed by atoms with Gasteiger partial charge in [0, 0.05) is 11.9 Å². The van der Waals surface area contributed by atoms with Crippen molar-refractivity contribution in [3.8, 4) is 0 Å². The number of hydrogen-bond acceptors (Lipinski definition) is 5. The van der Waals surface area contributed by atoms with E-state index in [-0.39, 0.29) is 11.6 Å². The summed E-state index contributed by atoms with van der Waals surface area (Å²) in [4.78, 5) is 20.2. The highest BCUT2D eigenvalue weighted by Crippen LogP contribution is 2.39. The van der Waals surface area contributed by atoms with Crippen LogP contribution in [0.1, 0.15) is 27.5 Å². The van der Waals surface area contributed by atoms with Crippen LogP contribution in [0.2, 0.25) is 0 Å². The first kappa shape index (κ1) is 17.6. The number of aromatic nitrogens is 4. The van der Waals surface area contributed by atoms with Crippen LogP contribution in [-0.4, -0.2) is 30.8 Å². The van der Waals surface area contributed by atoms with Crippen molar-refractivity contribution in [1.82, 2.24) is 19.7 Å². The molecule has 0 saturated heterocycles. The maximum absolute atomic E-state index is 11.0. The Kier molecular flexibility index (Phi) is 3.76. The van der Waals surface area contributed by atoms with E-state index in [9.17, 15) is 4.79 Å². The van der Waals surface area contributed by atoms with Crippen LogP contribution in [0.25, 0.3) is 21.8 Å². The van der Waals surface area contributed by atoms with Gasteiger partial charge in [0.1, 0.15) is 0 Å². The Labute approximate surface area is 177 Å². The zero-order valence-electron chi connectivity index (χ0n) is 16.4. The maximum atomic E-state index is 11.0. The minimum absolute atomic E-state index is 0.0798. The summed E-state index contributed by atoms with van der Waals surface area (Å²) in [5, 5.41) is 20.3. The molecule has 6 rings (SSSR count). The molecular weight excluding hydrogens is 390 g/mol. The molecule has 0 aliphatic heterocycles. The van der Waals surface area contributed by atoms with Crippen LogP contribution in [0.5, 0.6) is 0 Å². The molecule has 0 spiro atoms. The van der Waals surface area contributed by atoms with E-state index in [4.69, 9.17) is 10.1 Å². The van der Waals surface area contributed by atoms with Crippen LogP contribution in [0.15, 0.2) is 73.1 Å². The topological polar surface area (TPSA) is 92.9 Å². The number of carboxylic acid groups (broad SMARTS) is 1. The zero-order chi connectivity index (χ0) is 20.9. The highest BCUT2D eigenvalue weighted by molar-refractivity contribution is 5.92. The fourth-order valence-electron chi connectivity index (χ4n) is 4.38. The Morgan fingerprint density at radius 3 is 2.61 bits per heavy atom. The number of nitrogens with zero attached hydrogens (tertiary/aromatic N) is 4. The Morgan fingerprint density at radius 2 is 1.81 bits per heavy atom. The van der Waals surface area contributed by atoms with Crippen LogP contribution in [0, 0.1) is 0 Å². The second-order valence-electron chi connectivity index (χ2n) is 7.65. The third-order valence-corrected chi connectivity index (χ3v) is 5.81. The van der Waals surface area contributed by atoms with Crippen molar-refractivity contribution in [3.63, 3.8) is 0 Å². The van der Waals surface area contributed by atoms with Crippen molar-refractivity contribution >= 4 is 39.4 Å². The van der Waals surface area contributed by atoms with E-state index in [0.29, 0.717) is 11.6 Å². The van der Waals surface area contributed by atoms with Crippen molar-refractivity contribution in [2.24, 2.45) is 0 Å². The molecule has 31 heavy (non-hydrogen) atoms. The highest BCUT2D eigenvalue weighted by Gasteiger charge is 2.27. The van der Waals surface area contributed by atoms with Gasteiger partial charge in [0.25, 0.3) is 0 Å². The van der Waals surface area contributed by atoms with Crippen LogP contribution < -0.4 is 5.32 Å². The van der Waals surface area contributed by atoms with Crippen molar-refractivity contribution in [1.29, 1.82) is 0 Å². The van der Waals surface area contributed by atoms with Gasteiger partial charge in [-0.05, 0) is 52.6 Å². The molecule has 0 bridgehead atoms. The van der Waals surface area contributed by atoms with Crippen LogP contribution >= 0.6 is 0 Å². The smallest absolute Gasteiger partial charge is 0.335 e. The van der Waals surface area contributed by atoms with E-state index in [1.165, 1.54) is 21.9 Å². The normalized spacial score (nSPS) is 14.9. The van der Waals surface area contributed by atoms with Gasteiger partial charge in [0.2, 0.25) is 5.95 Å². The number of nitrogens with one attached hydrogen (secondary N) is 1. The van der Waals surface area contributed by atoms with Gasteiger partial charge in [-0.25, -0.2) is 14.5 Å². The number of rotatable bonds is 4. The lowest BCUT2D eigenvalue weighted by Gasteiger charge is -2.14. The summed E-state index contributed by atoms with van der Waals surface area (Å²) in [6, 6.07) is 19.4. The van der Waals surface area contributed by atoms with Gasteiger partial charge in [-0.15, -0.1) is 0 Å². The Morgan fingerprint density at radius 1 is 1.00 bits per heavy atom. The lowest BCUT2D eigenvalue weighted by atomic mass is 10.0. The number of carbonyl (C=O) groups is 1. The molecule has 7 heteroatoms. The first-order chi connectivity index (χ1) is 15.2. The summed E-state index contributed by atoms with van der Waals surface area (Å²) in [6.07, 6.45) is 4.42. The molecule has 1 aliphatic carbocycles. The zero-order valence-corrected chi connectivity index (χ0v) is 16.4. The van der Waals surface area contributed by atoms with Gasteiger partial charge in [-0.1, -0.05) is 36.4 Å². The predicted octanol–water partition coefficient (Wildman–Crippen LogP) is 4.57. The molecule has 0 amide bonds. The van der Waals surface area contributed by atoms with Crippen LogP contribution in [0.3, 0.4) is 0 Å². The van der Waals surface area contributed by atoms with Crippen molar-refractivity contribution in [2.75, 3.05) is 5.32 Å².